The molecule has 0 bridgehead atoms. The van der Waals surface area contributed by atoms with Crippen LogP contribution in [0.4, 0.5) is 0 Å². The van der Waals surface area contributed by atoms with Crippen molar-refractivity contribution in [1.82, 2.24) is 20.9 Å². The molecule has 25 heavy (non-hydrogen) atoms. The fraction of sp³-hybridized carbons (Fsp3) is 0.833. The molecule has 7 nitrogen and oxygen atoms in total. The second-order valence-corrected chi connectivity index (χ2v) is 7.58. The molecule has 1 saturated carbocycles. The summed E-state index contributed by atoms with van der Waals surface area (Å²) in [7, 11) is 0. The Hall–Kier alpha value is -1.31. The fourth-order valence-electron chi connectivity index (χ4n) is 4.32. The van der Waals surface area contributed by atoms with Crippen molar-refractivity contribution in [3.05, 3.63) is 11.5 Å². The first-order valence-corrected chi connectivity index (χ1v) is 9.68. The van der Waals surface area contributed by atoms with E-state index >= 15 is 0 Å². The van der Waals surface area contributed by atoms with Gasteiger partial charge in [-0.25, -0.2) is 0 Å². The highest BCUT2D eigenvalue weighted by atomic mass is 16.5. The average Bonchev–Trinajstić information content (AvgIpc) is 2.64. The molecule has 1 saturated heterocycles. The van der Waals surface area contributed by atoms with E-state index in [1.165, 1.54) is 12.8 Å². The van der Waals surface area contributed by atoms with Gasteiger partial charge in [-0.05, 0) is 31.6 Å². The molecule has 0 aromatic rings. The molecule has 7 heteroatoms. The number of rotatable bonds is 5. The summed E-state index contributed by atoms with van der Waals surface area (Å²) in [6, 6.07) is 1.10. The van der Waals surface area contributed by atoms with Crippen LogP contribution in [0.15, 0.2) is 11.5 Å². The van der Waals surface area contributed by atoms with E-state index in [0.717, 1.165) is 51.3 Å². The van der Waals surface area contributed by atoms with Gasteiger partial charge >= 0.3 is 0 Å². The van der Waals surface area contributed by atoms with E-state index in [9.17, 15) is 4.79 Å². The smallest absolute Gasteiger partial charge is 0.169 e. The Morgan fingerprint density at radius 2 is 2.08 bits per heavy atom. The monoisotopic (exact) mass is 351 g/mol. The number of nitrogens with two attached hydrogens (primary N) is 1. The van der Waals surface area contributed by atoms with Gasteiger partial charge in [0.05, 0.1) is 25.4 Å². The predicted octanol–water partition coefficient (Wildman–Crippen LogP) is 0.0896. The molecule has 2 heterocycles. The Balaban J connectivity index is 1.59. The Kier molecular flexibility index (Phi) is 6.19. The first-order chi connectivity index (χ1) is 12.1. The first-order valence-electron chi connectivity index (χ1n) is 9.68. The van der Waals surface area contributed by atoms with Gasteiger partial charge in [0, 0.05) is 25.2 Å². The van der Waals surface area contributed by atoms with E-state index in [0.29, 0.717) is 23.7 Å². The summed E-state index contributed by atoms with van der Waals surface area (Å²) in [6.07, 6.45) is 5.04. The quantitative estimate of drug-likeness (QED) is 0.522. The number of nitrogens with one attached hydrogen (secondary N) is 3. The Bertz CT molecular complexity index is 492. The summed E-state index contributed by atoms with van der Waals surface area (Å²) in [4.78, 5) is 14.0. The predicted molar refractivity (Wildman–Crippen MR) is 97.5 cm³/mol. The van der Waals surface area contributed by atoms with Crippen molar-refractivity contribution in [2.75, 3.05) is 26.3 Å². The first kappa shape index (κ1) is 18.5. The average molecular weight is 351 g/mol. The van der Waals surface area contributed by atoms with Crippen molar-refractivity contribution < 1.29 is 9.53 Å². The lowest BCUT2D eigenvalue weighted by Crippen LogP contribution is -2.60. The largest absolute Gasteiger partial charge is 0.379 e. The van der Waals surface area contributed by atoms with E-state index < -0.39 is 0 Å². The molecule has 0 spiro atoms. The fourth-order valence-corrected chi connectivity index (χ4v) is 4.32. The normalized spacial score (nSPS) is 37.2. The van der Waals surface area contributed by atoms with Crippen LogP contribution in [0.2, 0.25) is 0 Å². The third-order valence-electron chi connectivity index (χ3n) is 5.95. The Labute approximate surface area is 150 Å². The van der Waals surface area contributed by atoms with Gasteiger partial charge in [-0.1, -0.05) is 13.8 Å². The maximum absolute atomic E-state index is 11.5. The van der Waals surface area contributed by atoms with Crippen LogP contribution in [0.25, 0.3) is 0 Å². The van der Waals surface area contributed by atoms with Crippen molar-refractivity contribution in [2.24, 2.45) is 11.7 Å². The van der Waals surface area contributed by atoms with Gasteiger partial charge in [0.2, 0.25) is 0 Å². The summed E-state index contributed by atoms with van der Waals surface area (Å²) < 4.78 is 5.47. The van der Waals surface area contributed by atoms with Crippen LogP contribution in [-0.2, 0) is 9.53 Å². The van der Waals surface area contributed by atoms with Gasteiger partial charge < -0.3 is 26.4 Å². The van der Waals surface area contributed by atoms with Crippen molar-refractivity contribution in [3.8, 4) is 0 Å². The molecule has 0 aromatic carbocycles. The molecule has 3 rings (SSSR count). The summed E-state index contributed by atoms with van der Waals surface area (Å²) in [5, 5.41) is 10.1. The van der Waals surface area contributed by atoms with Gasteiger partial charge in [-0.2, -0.15) is 0 Å². The lowest BCUT2D eigenvalue weighted by molar-refractivity contribution is -0.105. The highest BCUT2D eigenvalue weighted by Gasteiger charge is 2.33. The molecular weight excluding hydrogens is 318 g/mol. The molecule has 3 aliphatic rings. The van der Waals surface area contributed by atoms with Crippen molar-refractivity contribution in [2.45, 2.75) is 63.8 Å². The minimum atomic E-state index is -0.184. The van der Waals surface area contributed by atoms with Gasteiger partial charge in [0.25, 0.3) is 0 Å². The minimum Gasteiger partial charge on any atom is -0.379 e. The Morgan fingerprint density at radius 3 is 2.72 bits per heavy atom. The van der Waals surface area contributed by atoms with Gasteiger partial charge in [-0.15, -0.1) is 0 Å². The van der Waals surface area contributed by atoms with Crippen LogP contribution in [-0.4, -0.2) is 61.8 Å². The molecule has 0 radical (unpaired) electrons. The van der Waals surface area contributed by atoms with E-state index in [-0.39, 0.29) is 12.2 Å². The topological polar surface area (TPSA) is 91.7 Å². The highest BCUT2D eigenvalue weighted by Crippen LogP contribution is 2.29. The van der Waals surface area contributed by atoms with E-state index in [4.69, 9.17) is 10.5 Å². The van der Waals surface area contributed by atoms with Crippen LogP contribution in [0.5, 0.6) is 0 Å². The molecule has 142 valence electrons. The summed E-state index contributed by atoms with van der Waals surface area (Å²) in [5.41, 5.74) is 6.77. The molecular formula is C18H33N5O2. The van der Waals surface area contributed by atoms with Crippen molar-refractivity contribution >= 4 is 6.29 Å². The standard InChI is InChI=1S/C18H33N5O2/c1-3-14-17(19)22-18(16(11-24)20-14)21-15-5-4-13(10-12(15)2)23-6-8-25-9-7-23/h11-15,17,20-22H,3-10,19H2,1-2H3. The third kappa shape index (κ3) is 4.27. The second-order valence-electron chi connectivity index (χ2n) is 7.58. The number of carbonyl (C=O) groups is 1. The van der Waals surface area contributed by atoms with Crippen LogP contribution in [0.1, 0.15) is 39.5 Å². The molecule has 5 N–H and O–H groups in total. The van der Waals surface area contributed by atoms with Crippen molar-refractivity contribution in [3.63, 3.8) is 0 Å². The number of aldehydes is 1. The zero-order chi connectivity index (χ0) is 17.8. The molecule has 0 aromatic heterocycles. The van der Waals surface area contributed by atoms with Crippen LogP contribution in [0, 0.1) is 5.92 Å². The van der Waals surface area contributed by atoms with E-state index in [1.807, 2.05) is 0 Å². The number of nitrogens with zero attached hydrogens (tertiary/aromatic N) is 1. The number of morpholine rings is 1. The van der Waals surface area contributed by atoms with Gasteiger partial charge in [-0.3, -0.25) is 9.69 Å². The summed E-state index contributed by atoms with van der Waals surface area (Å²) >= 11 is 0. The maximum atomic E-state index is 11.5. The number of carbonyl (C=O) groups excluding carboxylic acids is 1. The molecule has 5 atom stereocenters. The Morgan fingerprint density at radius 1 is 1.32 bits per heavy atom. The minimum absolute atomic E-state index is 0.0835. The molecule has 2 aliphatic heterocycles. The third-order valence-corrected chi connectivity index (χ3v) is 5.95. The SMILES string of the molecule is CCC1NC(C=O)=C(NC2CCC(N3CCOCC3)CC2C)NC1N. The second kappa shape index (κ2) is 8.38. The maximum Gasteiger partial charge on any atom is 0.169 e. The molecule has 1 aliphatic carbocycles. The van der Waals surface area contributed by atoms with Crippen molar-refractivity contribution in [1.29, 1.82) is 0 Å². The molecule has 2 fully saturated rings. The number of hydrogen-bond donors (Lipinski definition) is 4. The van der Waals surface area contributed by atoms with Gasteiger partial charge in [0.15, 0.2) is 6.29 Å². The molecule has 5 unspecified atom stereocenters. The lowest BCUT2D eigenvalue weighted by Gasteiger charge is -2.43. The number of hydrogen-bond acceptors (Lipinski definition) is 7. The zero-order valence-electron chi connectivity index (χ0n) is 15.5. The highest BCUT2D eigenvalue weighted by molar-refractivity contribution is 5.74. The number of ether oxygens (including phenoxy) is 1. The molecule has 0 amide bonds. The zero-order valence-corrected chi connectivity index (χ0v) is 15.5. The van der Waals surface area contributed by atoms with E-state index in [1.54, 1.807) is 0 Å². The lowest BCUT2D eigenvalue weighted by atomic mass is 9.82. The summed E-state index contributed by atoms with van der Waals surface area (Å²) in [6.45, 7) is 8.18. The summed E-state index contributed by atoms with van der Waals surface area (Å²) in [5.74, 6) is 1.30. The number of allylic oxidation sites excluding steroid dienone is 1. The van der Waals surface area contributed by atoms with Crippen LogP contribution >= 0.6 is 0 Å². The van der Waals surface area contributed by atoms with Gasteiger partial charge in [0.1, 0.15) is 11.5 Å². The van der Waals surface area contributed by atoms with E-state index in [2.05, 4.69) is 34.7 Å². The van der Waals surface area contributed by atoms with Crippen LogP contribution < -0.4 is 21.7 Å². The van der Waals surface area contributed by atoms with Crippen LogP contribution in [0.3, 0.4) is 0 Å².